The van der Waals surface area contributed by atoms with Gasteiger partial charge in [0.25, 0.3) is 11.5 Å². The fourth-order valence-electron chi connectivity index (χ4n) is 3.51. The summed E-state index contributed by atoms with van der Waals surface area (Å²) < 4.78 is 3.44. The van der Waals surface area contributed by atoms with E-state index >= 15 is 0 Å². The van der Waals surface area contributed by atoms with Gasteiger partial charge in [-0.25, -0.2) is 9.97 Å². The van der Waals surface area contributed by atoms with Crippen LogP contribution in [0.5, 0.6) is 0 Å². The number of nitrogens with one attached hydrogen (secondary N) is 1. The van der Waals surface area contributed by atoms with Crippen LogP contribution in [0, 0.1) is 6.92 Å². The van der Waals surface area contributed by atoms with E-state index in [-0.39, 0.29) is 23.1 Å². The Hall–Kier alpha value is -3.74. The van der Waals surface area contributed by atoms with E-state index in [2.05, 4.69) is 15.3 Å². The minimum atomic E-state index is -0.367. The lowest BCUT2D eigenvalue weighted by Gasteiger charge is -2.17. The van der Waals surface area contributed by atoms with Crippen LogP contribution >= 0.6 is 0 Å². The molecule has 0 aliphatic carbocycles. The summed E-state index contributed by atoms with van der Waals surface area (Å²) in [6.07, 6.45) is 7.75. The first-order valence-electron chi connectivity index (χ1n) is 9.88. The normalized spacial score (nSPS) is 12.1. The quantitative estimate of drug-likeness (QED) is 0.539. The van der Waals surface area contributed by atoms with Crippen LogP contribution < -0.4 is 10.9 Å². The van der Waals surface area contributed by atoms with Gasteiger partial charge in [0.1, 0.15) is 5.56 Å². The van der Waals surface area contributed by atoms with Gasteiger partial charge in [0.05, 0.1) is 11.7 Å². The van der Waals surface area contributed by atoms with E-state index in [1.807, 2.05) is 66.2 Å². The molecule has 0 spiro atoms. The molecule has 1 unspecified atom stereocenters. The number of aryl methyl sites for hydroxylation is 1. The molecule has 7 nitrogen and oxygen atoms in total. The molecule has 0 fully saturated rings. The molecular weight excluding hydrogens is 378 g/mol. The van der Waals surface area contributed by atoms with Gasteiger partial charge in [-0.2, -0.15) is 0 Å². The van der Waals surface area contributed by atoms with E-state index in [9.17, 15) is 9.59 Å². The van der Waals surface area contributed by atoms with Gasteiger partial charge in [0.2, 0.25) is 5.78 Å². The van der Waals surface area contributed by atoms with Gasteiger partial charge in [-0.15, -0.1) is 0 Å². The van der Waals surface area contributed by atoms with Crippen molar-refractivity contribution in [2.24, 2.45) is 0 Å². The van der Waals surface area contributed by atoms with E-state index in [1.165, 1.54) is 0 Å². The summed E-state index contributed by atoms with van der Waals surface area (Å²) in [6.45, 7) is 4.11. The second kappa shape index (κ2) is 8.32. The number of carbonyl (C=O) groups is 1. The molecule has 1 atom stereocenters. The molecule has 0 aliphatic rings. The van der Waals surface area contributed by atoms with Crippen LogP contribution in [0.3, 0.4) is 0 Å². The fourth-order valence-corrected chi connectivity index (χ4v) is 3.51. The van der Waals surface area contributed by atoms with Gasteiger partial charge in [0.15, 0.2) is 0 Å². The average Bonchev–Trinajstić information content (AvgIpc) is 3.17. The number of aromatic nitrogens is 4. The van der Waals surface area contributed by atoms with Crippen LogP contribution in [0.1, 0.15) is 40.1 Å². The lowest BCUT2D eigenvalue weighted by atomic mass is 10.1. The highest BCUT2D eigenvalue weighted by Crippen LogP contribution is 2.16. The van der Waals surface area contributed by atoms with Crippen molar-refractivity contribution in [3.8, 4) is 0 Å². The molecule has 0 bridgehead atoms. The molecule has 3 aromatic heterocycles. The monoisotopic (exact) mass is 401 g/mol. The lowest BCUT2D eigenvalue weighted by Crippen LogP contribution is -2.36. The van der Waals surface area contributed by atoms with Crippen molar-refractivity contribution in [2.45, 2.75) is 26.3 Å². The summed E-state index contributed by atoms with van der Waals surface area (Å²) >= 11 is 0. The molecule has 0 saturated heterocycles. The Morgan fingerprint density at radius 1 is 1.13 bits per heavy atom. The molecule has 4 rings (SSSR count). The minimum Gasteiger partial charge on any atom is -0.351 e. The maximum atomic E-state index is 13.1. The van der Waals surface area contributed by atoms with Crippen molar-refractivity contribution in [3.05, 3.63) is 100.0 Å². The second-order valence-electron chi connectivity index (χ2n) is 7.24. The van der Waals surface area contributed by atoms with E-state index in [0.29, 0.717) is 24.3 Å². The van der Waals surface area contributed by atoms with Gasteiger partial charge in [-0.05, 0) is 37.1 Å². The summed E-state index contributed by atoms with van der Waals surface area (Å²) in [5.41, 5.74) is 2.38. The molecule has 3 heterocycles. The van der Waals surface area contributed by atoms with Crippen LogP contribution in [-0.4, -0.2) is 31.4 Å². The highest BCUT2D eigenvalue weighted by molar-refractivity contribution is 5.95. The van der Waals surface area contributed by atoms with Crippen LogP contribution in [-0.2, 0) is 6.42 Å². The highest BCUT2D eigenvalue weighted by Gasteiger charge is 2.18. The third kappa shape index (κ3) is 3.87. The Morgan fingerprint density at radius 2 is 1.93 bits per heavy atom. The van der Waals surface area contributed by atoms with Crippen LogP contribution in [0.25, 0.3) is 5.78 Å². The maximum Gasteiger partial charge on any atom is 0.264 e. The first-order valence-corrected chi connectivity index (χ1v) is 9.88. The number of benzene rings is 1. The van der Waals surface area contributed by atoms with Crippen molar-refractivity contribution < 1.29 is 4.79 Å². The number of imidazole rings is 1. The molecule has 0 radical (unpaired) electrons. The van der Waals surface area contributed by atoms with Crippen molar-refractivity contribution in [1.29, 1.82) is 0 Å². The zero-order valence-electron chi connectivity index (χ0n) is 16.9. The molecule has 0 aliphatic heterocycles. The zero-order valence-corrected chi connectivity index (χ0v) is 16.9. The molecule has 7 heteroatoms. The van der Waals surface area contributed by atoms with E-state index in [4.69, 9.17) is 0 Å². The molecule has 4 aromatic rings. The Morgan fingerprint density at radius 3 is 2.70 bits per heavy atom. The van der Waals surface area contributed by atoms with Crippen molar-refractivity contribution >= 4 is 11.7 Å². The molecule has 152 valence electrons. The Bertz CT molecular complexity index is 1210. The number of fused-ring (bicyclic) bond motifs is 1. The number of hydrogen-bond donors (Lipinski definition) is 1. The van der Waals surface area contributed by atoms with Crippen molar-refractivity contribution in [2.75, 3.05) is 6.54 Å². The Kier molecular flexibility index (Phi) is 5.43. The topological polar surface area (TPSA) is 81.3 Å². The van der Waals surface area contributed by atoms with Crippen molar-refractivity contribution in [1.82, 2.24) is 24.3 Å². The second-order valence-corrected chi connectivity index (χ2v) is 7.24. The minimum absolute atomic E-state index is 0.170. The molecular formula is C23H23N5O2. The summed E-state index contributed by atoms with van der Waals surface area (Å²) in [6, 6.07) is 13.2. The number of pyridine rings is 1. The van der Waals surface area contributed by atoms with Crippen LogP contribution in [0.15, 0.2) is 72.0 Å². The number of amides is 1. The first-order chi connectivity index (χ1) is 14.5. The van der Waals surface area contributed by atoms with E-state index in [1.54, 1.807) is 23.9 Å². The predicted molar refractivity (Wildman–Crippen MR) is 115 cm³/mol. The Labute approximate surface area is 174 Å². The summed E-state index contributed by atoms with van der Waals surface area (Å²) in [5, 5.41) is 2.86. The van der Waals surface area contributed by atoms with Gasteiger partial charge in [0, 0.05) is 37.8 Å². The third-order valence-electron chi connectivity index (χ3n) is 5.21. The molecule has 30 heavy (non-hydrogen) atoms. The Balaban J connectivity index is 1.50. The number of nitrogens with zero attached hydrogens (tertiary/aromatic N) is 4. The highest BCUT2D eigenvalue weighted by atomic mass is 16.2. The third-order valence-corrected chi connectivity index (χ3v) is 5.21. The fraction of sp³-hybridized carbons (Fsp3) is 0.217. The van der Waals surface area contributed by atoms with E-state index < -0.39 is 0 Å². The maximum absolute atomic E-state index is 13.1. The molecule has 1 amide bonds. The van der Waals surface area contributed by atoms with Gasteiger partial charge >= 0.3 is 0 Å². The van der Waals surface area contributed by atoms with Crippen LogP contribution in [0.4, 0.5) is 0 Å². The molecule has 0 saturated carbocycles. The van der Waals surface area contributed by atoms with E-state index in [0.717, 1.165) is 11.3 Å². The number of rotatable bonds is 6. The first kappa shape index (κ1) is 19.6. The van der Waals surface area contributed by atoms with Gasteiger partial charge in [-0.3, -0.25) is 14.0 Å². The van der Waals surface area contributed by atoms with Crippen LogP contribution in [0.2, 0.25) is 0 Å². The molecule has 1 N–H and O–H groups in total. The predicted octanol–water partition coefficient (Wildman–Crippen LogP) is 2.78. The summed E-state index contributed by atoms with van der Waals surface area (Å²) in [4.78, 5) is 34.5. The smallest absolute Gasteiger partial charge is 0.264 e. The molecule has 1 aromatic carbocycles. The van der Waals surface area contributed by atoms with Gasteiger partial charge < -0.3 is 9.88 Å². The number of carbonyl (C=O) groups excluding carboxylic acids is 1. The van der Waals surface area contributed by atoms with Crippen molar-refractivity contribution in [3.63, 3.8) is 0 Å². The SMILES string of the molecule is Cc1ccn(C(C)c2ccccc2)c(=O)c1C(=O)NCCc1cn2cccnc2n1. The average molecular weight is 401 g/mol. The zero-order chi connectivity index (χ0) is 21.1. The number of hydrogen-bond acceptors (Lipinski definition) is 4. The lowest BCUT2D eigenvalue weighted by molar-refractivity contribution is 0.0951. The van der Waals surface area contributed by atoms with Gasteiger partial charge in [-0.1, -0.05) is 30.3 Å². The summed E-state index contributed by atoms with van der Waals surface area (Å²) in [7, 11) is 0. The standard InChI is InChI=1S/C23H23N5O2/c1-16-10-14-28(17(2)18-7-4-3-5-8-18)22(30)20(16)21(29)24-12-9-19-15-27-13-6-11-25-23(27)26-19/h3-8,10-11,13-15,17H,9,12H2,1-2H3,(H,24,29). The summed E-state index contributed by atoms with van der Waals surface area (Å²) in [5.74, 6) is 0.254. The largest absolute Gasteiger partial charge is 0.351 e.